The average Bonchev–Trinajstić information content (AvgIpc) is 2.84. The number of nitrogens with zero attached hydrogens (tertiary/aromatic N) is 1. The SMILES string of the molecule is CC(C)c1c(Br)c(Br)c(-c2ccc(F)cc2)n1CC[C@H]1C[C@@H](O)CC(=O)O1. The third-order valence-electron chi connectivity index (χ3n) is 4.76. The molecule has 2 atom stereocenters. The number of carbonyl (C=O) groups excluding carboxylic acids is 1. The lowest BCUT2D eigenvalue weighted by atomic mass is 10.0. The predicted octanol–water partition coefficient (Wildman–Crippen LogP) is 5.40. The molecule has 1 fully saturated rings. The quantitative estimate of drug-likeness (QED) is 0.557. The monoisotopic (exact) mass is 501 g/mol. The van der Waals surface area contributed by atoms with E-state index in [0.717, 1.165) is 25.9 Å². The summed E-state index contributed by atoms with van der Waals surface area (Å²) in [5.74, 6) is -0.375. The van der Waals surface area contributed by atoms with Crippen LogP contribution in [0.4, 0.5) is 4.39 Å². The van der Waals surface area contributed by atoms with Crippen LogP contribution in [0.15, 0.2) is 33.2 Å². The predicted molar refractivity (Wildman–Crippen MR) is 109 cm³/mol. The summed E-state index contributed by atoms with van der Waals surface area (Å²) < 4.78 is 22.8. The second-order valence-electron chi connectivity index (χ2n) is 7.17. The number of ether oxygens (including phenoxy) is 1. The summed E-state index contributed by atoms with van der Waals surface area (Å²) in [4.78, 5) is 11.6. The molecule has 27 heavy (non-hydrogen) atoms. The molecule has 0 spiro atoms. The molecule has 1 aromatic carbocycles. The van der Waals surface area contributed by atoms with Gasteiger partial charge in [-0.15, -0.1) is 0 Å². The third kappa shape index (κ3) is 4.46. The number of esters is 1. The van der Waals surface area contributed by atoms with Crippen molar-refractivity contribution in [2.45, 2.75) is 57.8 Å². The molecule has 0 radical (unpaired) electrons. The van der Waals surface area contributed by atoms with Crippen molar-refractivity contribution in [3.63, 3.8) is 0 Å². The molecule has 1 aliphatic rings. The van der Waals surface area contributed by atoms with Crippen molar-refractivity contribution < 1.29 is 19.0 Å². The first-order valence-corrected chi connectivity index (χ1v) is 10.6. The lowest BCUT2D eigenvalue weighted by Gasteiger charge is -2.27. The highest BCUT2D eigenvalue weighted by Gasteiger charge is 2.28. The summed E-state index contributed by atoms with van der Waals surface area (Å²) in [6, 6.07) is 6.41. The highest BCUT2D eigenvalue weighted by molar-refractivity contribution is 9.13. The van der Waals surface area contributed by atoms with Gasteiger partial charge in [-0.25, -0.2) is 4.39 Å². The Labute approximate surface area is 175 Å². The molecule has 2 heterocycles. The molecule has 1 aliphatic heterocycles. The summed E-state index contributed by atoms with van der Waals surface area (Å²) in [5, 5.41) is 9.84. The molecule has 2 aromatic rings. The smallest absolute Gasteiger partial charge is 0.308 e. The molecule has 0 aliphatic carbocycles. The van der Waals surface area contributed by atoms with Gasteiger partial charge in [-0.2, -0.15) is 0 Å². The molecule has 4 nitrogen and oxygen atoms in total. The topological polar surface area (TPSA) is 51.5 Å². The number of hydrogen-bond acceptors (Lipinski definition) is 3. The van der Waals surface area contributed by atoms with E-state index >= 15 is 0 Å². The number of aliphatic hydroxyl groups excluding tert-OH is 1. The first-order valence-electron chi connectivity index (χ1n) is 8.98. The van der Waals surface area contributed by atoms with Crippen LogP contribution in [-0.2, 0) is 16.1 Å². The molecule has 0 saturated carbocycles. The van der Waals surface area contributed by atoms with Crippen molar-refractivity contribution in [2.75, 3.05) is 0 Å². The van der Waals surface area contributed by atoms with Crippen LogP contribution in [-0.4, -0.2) is 27.9 Å². The molecule has 3 rings (SSSR count). The van der Waals surface area contributed by atoms with E-state index in [-0.39, 0.29) is 30.2 Å². The third-order valence-corrected chi connectivity index (χ3v) is 6.87. The van der Waals surface area contributed by atoms with Crippen molar-refractivity contribution in [1.29, 1.82) is 0 Å². The zero-order valence-corrected chi connectivity index (χ0v) is 18.4. The van der Waals surface area contributed by atoms with Crippen LogP contribution in [0.5, 0.6) is 0 Å². The highest BCUT2D eigenvalue weighted by Crippen LogP contribution is 2.42. The maximum absolute atomic E-state index is 13.4. The van der Waals surface area contributed by atoms with Crippen LogP contribution in [0.1, 0.15) is 44.7 Å². The van der Waals surface area contributed by atoms with Gasteiger partial charge in [-0.3, -0.25) is 4.79 Å². The number of benzene rings is 1. The van der Waals surface area contributed by atoms with Gasteiger partial charge in [0.15, 0.2) is 0 Å². The van der Waals surface area contributed by atoms with E-state index in [1.54, 1.807) is 12.1 Å². The van der Waals surface area contributed by atoms with Gasteiger partial charge in [0.25, 0.3) is 0 Å². The number of aliphatic hydroxyl groups is 1. The Bertz CT molecular complexity index is 833. The Kier molecular flexibility index (Phi) is 6.43. The second-order valence-corrected chi connectivity index (χ2v) is 8.76. The molecule has 1 aromatic heterocycles. The van der Waals surface area contributed by atoms with Crippen LogP contribution in [0, 0.1) is 5.82 Å². The Balaban J connectivity index is 1.95. The fourth-order valence-electron chi connectivity index (χ4n) is 3.57. The van der Waals surface area contributed by atoms with Crippen LogP contribution >= 0.6 is 31.9 Å². The molecule has 0 bridgehead atoms. The average molecular weight is 503 g/mol. The Morgan fingerprint density at radius 3 is 2.52 bits per heavy atom. The number of aromatic nitrogens is 1. The fraction of sp³-hybridized carbons (Fsp3) is 0.450. The van der Waals surface area contributed by atoms with Crippen molar-refractivity contribution >= 4 is 37.8 Å². The minimum Gasteiger partial charge on any atom is -0.462 e. The normalized spacial score (nSPS) is 20.2. The van der Waals surface area contributed by atoms with Crippen molar-refractivity contribution in [1.82, 2.24) is 4.57 Å². The molecule has 146 valence electrons. The maximum Gasteiger partial charge on any atom is 0.308 e. The summed E-state index contributed by atoms with van der Waals surface area (Å²) in [6.07, 6.45) is 0.181. The van der Waals surface area contributed by atoms with Gasteiger partial charge in [0, 0.05) is 25.1 Å². The minimum absolute atomic E-state index is 0.0647. The van der Waals surface area contributed by atoms with Gasteiger partial charge >= 0.3 is 5.97 Å². The number of hydrogen-bond donors (Lipinski definition) is 1. The number of carbonyl (C=O) groups is 1. The number of halogens is 3. The van der Waals surface area contributed by atoms with Gasteiger partial charge in [-0.05, 0) is 67.6 Å². The van der Waals surface area contributed by atoms with E-state index in [4.69, 9.17) is 4.74 Å². The van der Waals surface area contributed by atoms with Crippen LogP contribution in [0.3, 0.4) is 0 Å². The molecular weight excluding hydrogens is 481 g/mol. The zero-order valence-electron chi connectivity index (χ0n) is 15.2. The lowest BCUT2D eigenvalue weighted by molar-refractivity contribution is -0.160. The molecule has 0 amide bonds. The Hall–Kier alpha value is -1.18. The summed E-state index contributed by atoms with van der Waals surface area (Å²) in [7, 11) is 0. The largest absolute Gasteiger partial charge is 0.462 e. The van der Waals surface area contributed by atoms with Crippen molar-refractivity contribution in [3.05, 3.63) is 44.7 Å². The van der Waals surface area contributed by atoms with E-state index in [1.165, 1.54) is 12.1 Å². The Morgan fingerprint density at radius 1 is 1.26 bits per heavy atom. The number of cyclic esters (lactones) is 1. The maximum atomic E-state index is 13.4. The molecule has 1 saturated heterocycles. The molecule has 1 N–H and O–H groups in total. The van der Waals surface area contributed by atoms with E-state index < -0.39 is 6.10 Å². The van der Waals surface area contributed by atoms with Gasteiger partial charge < -0.3 is 14.4 Å². The van der Waals surface area contributed by atoms with Crippen LogP contribution < -0.4 is 0 Å². The van der Waals surface area contributed by atoms with Crippen LogP contribution in [0.2, 0.25) is 0 Å². The first-order chi connectivity index (χ1) is 12.8. The summed E-state index contributed by atoms with van der Waals surface area (Å²) >= 11 is 7.36. The molecule has 0 unspecified atom stereocenters. The summed E-state index contributed by atoms with van der Waals surface area (Å²) in [6.45, 7) is 4.85. The molecule has 7 heteroatoms. The van der Waals surface area contributed by atoms with E-state index in [2.05, 4.69) is 50.3 Å². The Morgan fingerprint density at radius 2 is 1.93 bits per heavy atom. The van der Waals surface area contributed by atoms with Gasteiger partial charge in [-0.1, -0.05) is 13.8 Å². The van der Waals surface area contributed by atoms with E-state index in [9.17, 15) is 14.3 Å². The van der Waals surface area contributed by atoms with Crippen molar-refractivity contribution in [3.8, 4) is 11.3 Å². The van der Waals surface area contributed by atoms with Gasteiger partial charge in [0.2, 0.25) is 0 Å². The van der Waals surface area contributed by atoms with Crippen LogP contribution in [0.25, 0.3) is 11.3 Å². The summed E-state index contributed by atoms with van der Waals surface area (Å²) in [5.41, 5.74) is 2.97. The van der Waals surface area contributed by atoms with Crippen molar-refractivity contribution in [2.24, 2.45) is 0 Å². The fourth-order valence-corrected chi connectivity index (χ4v) is 5.08. The zero-order chi connectivity index (χ0) is 19.7. The van der Waals surface area contributed by atoms with Gasteiger partial charge in [0.05, 0.1) is 27.2 Å². The molecular formula is C20H22Br2FNO3. The van der Waals surface area contributed by atoms with Gasteiger partial charge in [0.1, 0.15) is 11.9 Å². The minimum atomic E-state index is -0.638. The van der Waals surface area contributed by atoms with E-state index in [1.807, 2.05) is 0 Å². The standard InChI is InChI=1S/C20H22Br2FNO3/c1-11(2)19-17(21)18(22)20(12-3-5-13(23)6-4-12)24(19)8-7-15-9-14(25)10-16(26)27-15/h3-6,11,14-15,25H,7-10H2,1-2H3/t14-,15+/m1/s1. The lowest BCUT2D eigenvalue weighted by Crippen LogP contribution is -2.33. The first kappa shape index (κ1) is 20.6. The van der Waals surface area contributed by atoms with E-state index in [0.29, 0.717) is 19.4 Å². The second kappa shape index (κ2) is 8.45. The number of rotatable bonds is 5. The highest BCUT2D eigenvalue weighted by atomic mass is 79.9.